The fourth-order valence-corrected chi connectivity index (χ4v) is 3.15. The van der Waals surface area contributed by atoms with Gasteiger partial charge < -0.3 is 9.72 Å². The fourth-order valence-electron chi connectivity index (χ4n) is 3.15. The summed E-state index contributed by atoms with van der Waals surface area (Å²) in [6.45, 7) is 5.34. The molecule has 1 N–H and O–H groups in total. The molecule has 0 fully saturated rings. The molecule has 0 saturated heterocycles. The molecule has 9 heteroatoms. The molecule has 3 aromatic heterocycles. The van der Waals surface area contributed by atoms with Gasteiger partial charge in [0.15, 0.2) is 11.9 Å². The van der Waals surface area contributed by atoms with E-state index < -0.39 is 12.1 Å². The van der Waals surface area contributed by atoms with Crippen molar-refractivity contribution < 1.29 is 9.53 Å². The summed E-state index contributed by atoms with van der Waals surface area (Å²) in [6.07, 6.45) is 0.747. The van der Waals surface area contributed by atoms with Crippen LogP contribution in [0.5, 0.6) is 0 Å². The number of fused-ring (bicyclic) bond motifs is 2. The van der Waals surface area contributed by atoms with Crippen molar-refractivity contribution in [2.45, 2.75) is 33.3 Å². The Hall–Kier alpha value is -3.62. The van der Waals surface area contributed by atoms with E-state index in [4.69, 9.17) is 4.74 Å². The van der Waals surface area contributed by atoms with E-state index in [0.717, 1.165) is 11.3 Å². The number of aromatic amines is 1. The zero-order chi connectivity index (χ0) is 19.8. The lowest BCUT2D eigenvalue weighted by Crippen LogP contribution is -2.19. The number of nitrogens with zero attached hydrogens (tertiary/aromatic N) is 5. The number of H-pyrrole nitrogens is 1. The highest BCUT2D eigenvalue weighted by molar-refractivity contribution is 5.77. The third-order valence-electron chi connectivity index (χ3n) is 4.63. The first-order chi connectivity index (χ1) is 13.4. The monoisotopic (exact) mass is 378 g/mol. The third kappa shape index (κ3) is 3.11. The molecule has 1 atom stereocenters. The normalized spacial score (nSPS) is 12.4. The maximum Gasteiger partial charge on any atom is 0.311 e. The van der Waals surface area contributed by atoms with Crippen LogP contribution in [0.2, 0.25) is 0 Å². The lowest BCUT2D eigenvalue weighted by Gasteiger charge is -2.14. The second kappa shape index (κ2) is 6.84. The van der Waals surface area contributed by atoms with Gasteiger partial charge in [-0.25, -0.2) is 14.5 Å². The number of carbonyl (C=O) groups is 1. The Morgan fingerprint density at radius 3 is 2.86 bits per heavy atom. The molecule has 9 nitrogen and oxygen atoms in total. The maximum atomic E-state index is 12.5. The number of carbonyl (C=O) groups excluding carboxylic acids is 1. The van der Waals surface area contributed by atoms with Gasteiger partial charge in [0.2, 0.25) is 0 Å². The van der Waals surface area contributed by atoms with Crippen molar-refractivity contribution in [2.75, 3.05) is 0 Å². The Morgan fingerprint density at radius 2 is 2.04 bits per heavy atom. The predicted molar refractivity (Wildman–Crippen MR) is 101 cm³/mol. The lowest BCUT2D eigenvalue weighted by atomic mass is 10.1. The molecule has 0 bridgehead atoms. The van der Waals surface area contributed by atoms with Crippen molar-refractivity contribution in [1.82, 2.24) is 29.5 Å². The quantitative estimate of drug-likeness (QED) is 0.539. The second-order valence-electron chi connectivity index (χ2n) is 6.51. The molecule has 0 radical (unpaired) electrons. The van der Waals surface area contributed by atoms with Gasteiger partial charge >= 0.3 is 5.97 Å². The molecule has 0 unspecified atom stereocenters. The highest BCUT2D eigenvalue weighted by Gasteiger charge is 2.19. The second-order valence-corrected chi connectivity index (χ2v) is 6.51. The maximum absolute atomic E-state index is 12.5. The number of esters is 1. The highest BCUT2D eigenvalue weighted by Crippen LogP contribution is 2.18. The van der Waals surface area contributed by atoms with Gasteiger partial charge in [-0.3, -0.25) is 9.59 Å². The Balaban J connectivity index is 1.56. The van der Waals surface area contributed by atoms with Gasteiger partial charge in [-0.2, -0.15) is 10.1 Å². The molecular weight excluding hydrogens is 360 g/mol. The van der Waals surface area contributed by atoms with E-state index in [0.29, 0.717) is 28.2 Å². The molecule has 142 valence electrons. The van der Waals surface area contributed by atoms with Crippen molar-refractivity contribution in [3.63, 3.8) is 0 Å². The van der Waals surface area contributed by atoms with Gasteiger partial charge in [-0.15, -0.1) is 0 Å². The molecule has 4 aromatic rings. The summed E-state index contributed by atoms with van der Waals surface area (Å²) in [5.41, 5.74) is 2.49. The Morgan fingerprint density at radius 1 is 1.25 bits per heavy atom. The summed E-state index contributed by atoms with van der Waals surface area (Å²) >= 11 is 0. The molecule has 4 rings (SSSR count). The van der Waals surface area contributed by atoms with E-state index in [1.807, 2.05) is 13.8 Å². The first-order valence-corrected chi connectivity index (χ1v) is 8.78. The summed E-state index contributed by atoms with van der Waals surface area (Å²) in [4.78, 5) is 40.2. The van der Waals surface area contributed by atoms with E-state index in [1.54, 1.807) is 35.7 Å². The molecule has 0 spiro atoms. The minimum absolute atomic E-state index is 0.0304. The number of para-hydroxylation sites is 1. The number of benzene rings is 1. The molecule has 0 aliphatic rings. The molecule has 0 amide bonds. The minimum atomic E-state index is -0.700. The number of ether oxygens (including phenoxy) is 1. The Bertz CT molecular complexity index is 1260. The molecular formula is C19H18N6O3. The Labute approximate surface area is 159 Å². The van der Waals surface area contributed by atoms with E-state index in [2.05, 4.69) is 25.0 Å². The summed E-state index contributed by atoms with van der Waals surface area (Å²) in [5, 5.41) is 4.60. The zero-order valence-electron chi connectivity index (χ0n) is 15.6. The number of aromatic nitrogens is 6. The van der Waals surface area contributed by atoms with Crippen LogP contribution in [-0.2, 0) is 16.0 Å². The van der Waals surface area contributed by atoms with Crippen LogP contribution in [0.3, 0.4) is 0 Å². The van der Waals surface area contributed by atoms with E-state index >= 15 is 0 Å². The van der Waals surface area contributed by atoms with E-state index in [9.17, 15) is 9.59 Å². The standard InChI is InChI=1S/C19H18N6O3/c1-10-14(11(2)25-19(22-10)20-9-21-25)8-16(26)28-12(3)17-23-15-7-5-4-6-13(15)18(27)24-17/h4-7,9,12H,8H2,1-3H3,(H,23,24,27)/t12-/m0/s1. The van der Waals surface area contributed by atoms with Crippen molar-refractivity contribution in [1.29, 1.82) is 0 Å². The van der Waals surface area contributed by atoms with Crippen molar-refractivity contribution in [2.24, 2.45) is 0 Å². The minimum Gasteiger partial charge on any atom is -0.454 e. The first-order valence-electron chi connectivity index (χ1n) is 8.78. The van der Waals surface area contributed by atoms with Crippen LogP contribution in [0.4, 0.5) is 0 Å². The van der Waals surface area contributed by atoms with Crippen molar-refractivity contribution in [3.8, 4) is 0 Å². The molecule has 3 heterocycles. The van der Waals surface area contributed by atoms with Crippen LogP contribution in [0.1, 0.15) is 35.8 Å². The Kier molecular flexibility index (Phi) is 4.34. The topological polar surface area (TPSA) is 115 Å². The van der Waals surface area contributed by atoms with Gasteiger partial charge in [0, 0.05) is 17.0 Å². The summed E-state index contributed by atoms with van der Waals surface area (Å²) in [7, 11) is 0. The molecule has 0 saturated carbocycles. The highest BCUT2D eigenvalue weighted by atomic mass is 16.5. The van der Waals surface area contributed by atoms with Crippen molar-refractivity contribution >= 4 is 22.6 Å². The molecule has 28 heavy (non-hydrogen) atoms. The number of hydrogen-bond acceptors (Lipinski definition) is 7. The molecule has 0 aliphatic carbocycles. The SMILES string of the molecule is Cc1nc2ncnn2c(C)c1CC(=O)O[C@@H](C)c1nc2ccccc2c(=O)[nH]1. The summed E-state index contributed by atoms with van der Waals surface area (Å²) in [6, 6.07) is 7.01. The predicted octanol–water partition coefficient (Wildman–Crippen LogP) is 1.82. The summed E-state index contributed by atoms with van der Waals surface area (Å²) in [5.74, 6) is 0.338. The van der Waals surface area contributed by atoms with Crippen LogP contribution in [-0.4, -0.2) is 35.5 Å². The molecule has 0 aliphatic heterocycles. The number of hydrogen-bond donors (Lipinski definition) is 1. The van der Waals surface area contributed by atoms with E-state index in [1.165, 1.54) is 6.33 Å². The van der Waals surface area contributed by atoms with Crippen LogP contribution < -0.4 is 5.56 Å². The van der Waals surface area contributed by atoms with Gasteiger partial charge in [0.25, 0.3) is 11.3 Å². The van der Waals surface area contributed by atoms with Gasteiger partial charge in [0.1, 0.15) is 6.33 Å². The smallest absolute Gasteiger partial charge is 0.311 e. The van der Waals surface area contributed by atoms with Crippen LogP contribution in [0.15, 0.2) is 35.4 Å². The van der Waals surface area contributed by atoms with Gasteiger partial charge in [0.05, 0.1) is 17.3 Å². The molecule has 1 aromatic carbocycles. The third-order valence-corrected chi connectivity index (χ3v) is 4.63. The fraction of sp³-hybridized carbons (Fsp3) is 0.263. The van der Waals surface area contributed by atoms with Crippen molar-refractivity contribution in [3.05, 3.63) is 63.7 Å². The number of aryl methyl sites for hydroxylation is 2. The van der Waals surface area contributed by atoms with Crippen LogP contribution in [0.25, 0.3) is 16.7 Å². The zero-order valence-corrected chi connectivity index (χ0v) is 15.6. The largest absolute Gasteiger partial charge is 0.454 e. The van der Waals surface area contributed by atoms with Crippen LogP contribution in [0, 0.1) is 13.8 Å². The first kappa shape index (κ1) is 17.8. The van der Waals surface area contributed by atoms with Gasteiger partial charge in [-0.05, 0) is 32.9 Å². The van der Waals surface area contributed by atoms with Gasteiger partial charge in [-0.1, -0.05) is 12.1 Å². The number of rotatable bonds is 4. The number of nitrogens with one attached hydrogen (secondary N) is 1. The van der Waals surface area contributed by atoms with Crippen LogP contribution >= 0.6 is 0 Å². The summed E-state index contributed by atoms with van der Waals surface area (Å²) < 4.78 is 7.09. The average Bonchev–Trinajstić information content (AvgIpc) is 3.13. The average molecular weight is 378 g/mol. The van der Waals surface area contributed by atoms with E-state index in [-0.39, 0.29) is 12.0 Å². The lowest BCUT2D eigenvalue weighted by molar-refractivity contribution is -0.148.